The van der Waals surface area contributed by atoms with Crippen LogP contribution in [0.2, 0.25) is 0 Å². The van der Waals surface area contributed by atoms with Gasteiger partial charge in [0, 0.05) is 13.1 Å². The average Bonchev–Trinajstić information content (AvgIpc) is 2.35. The van der Waals surface area contributed by atoms with E-state index >= 15 is 0 Å². The first kappa shape index (κ1) is 14.7. The number of hydrogen-bond acceptors (Lipinski definition) is 6. The number of hydrogen-bond donors (Lipinski definition) is 1. The fourth-order valence-electron chi connectivity index (χ4n) is 1.18. The Balaban J connectivity index is 2.88. The first-order chi connectivity index (χ1) is 8.82. The van der Waals surface area contributed by atoms with Gasteiger partial charge in [-0.1, -0.05) is 13.8 Å². The van der Waals surface area contributed by atoms with Crippen molar-refractivity contribution in [2.45, 2.75) is 13.8 Å². The second kappa shape index (κ2) is 5.98. The molecule has 0 fully saturated rings. The summed E-state index contributed by atoms with van der Waals surface area (Å²) in [6.45, 7) is 4.01. The summed E-state index contributed by atoms with van der Waals surface area (Å²) in [6, 6.07) is 2.39. The van der Waals surface area contributed by atoms with Gasteiger partial charge in [0.1, 0.15) is 0 Å². The Morgan fingerprint density at radius 2 is 2.21 bits per heavy atom. The fourth-order valence-corrected chi connectivity index (χ4v) is 1.18. The Morgan fingerprint density at radius 1 is 1.58 bits per heavy atom. The molecule has 0 saturated heterocycles. The van der Waals surface area contributed by atoms with Crippen LogP contribution >= 0.6 is 0 Å². The standard InChI is InChI=1S/C11H15N3O5/c1-7(2)6-19-11(16)13(3)9-5-4-8(15)10(12-9)14(17)18/h4-5,7,15H,6H2,1-3H3. The minimum Gasteiger partial charge on any atom is -0.501 e. The van der Waals surface area contributed by atoms with Crippen molar-refractivity contribution in [1.29, 1.82) is 0 Å². The van der Waals surface area contributed by atoms with Crippen LogP contribution in [0.15, 0.2) is 12.1 Å². The van der Waals surface area contributed by atoms with E-state index in [1.807, 2.05) is 13.8 Å². The van der Waals surface area contributed by atoms with E-state index in [-0.39, 0.29) is 18.3 Å². The van der Waals surface area contributed by atoms with Gasteiger partial charge in [0.15, 0.2) is 0 Å². The molecule has 1 N–H and O–H groups in total. The highest BCUT2D eigenvalue weighted by Gasteiger charge is 2.23. The molecule has 0 unspecified atom stereocenters. The highest BCUT2D eigenvalue weighted by atomic mass is 16.6. The monoisotopic (exact) mass is 269 g/mol. The molecular weight excluding hydrogens is 254 g/mol. The Labute approximate surface area is 109 Å². The van der Waals surface area contributed by atoms with Gasteiger partial charge in [-0.3, -0.25) is 0 Å². The molecule has 19 heavy (non-hydrogen) atoms. The lowest BCUT2D eigenvalue weighted by atomic mass is 10.2. The summed E-state index contributed by atoms with van der Waals surface area (Å²) in [5, 5.41) is 19.9. The minimum atomic E-state index is -0.827. The van der Waals surface area contributed by atoms with Gasteiger partial charge in [0.25, 0.3) is 5.82 Å². The fraction of sp³-hybridized carbons (Fsp3) is 0.455. The largest absolute Gasteiger partial charge is 0.501 e. The van der Waals surface area contributed by atoms with E-state index in [1.54, 1.807) is 0 Å². The number of amides is 1. The number of pyridine rings is 1. The number of aromatic hydroxyl groups is 1. The van der Waals surface area contributed by atoms with Gasteiger partial charge in [-0.05, 0) is 21.9 Å². The molecule has 0 saturated carbocycles. The van der Waals surface area contributed by atoms with E-state index in [2.05, 4.69) is 4.98 Å². The summed E-state index contributed by atoms with van der Waals surface area (Å²) >= 11 is 0. The van der Waals surface area contributed by atoms with Crippen LogP contribution in [0, 0.1) is 16.0 Å². The molecule has 8 heteroatoms. The van der Waals surface area contributed by atoms with Crippen molar-refractivity contribution in [3.63, 3.8) is 0 Å². The molecule has 1 amide bonds. The minimum absolute atomic E-state index is 0.0262. The molecule has 1 heterocycles. The Kier molecular flexibility index (Phi) is 4.62. The third-order valence-corrected chi connectivity index (χ3v) is 2.17. The summed E-state index contributed by atoms with van der Waals surface area (Å²) in [4.78, 5) is 26.1. The summed E-state index contributed by atoms with van der Waals surface area (Å²) in [7, 11) is 1.38. The Bertz CT molecular complexity index is 489. The quantitative estimate of drug-likeness (QED) is 0.661. The van der Waals surface area contributed by atoms with Gasteiger partial charge in [-0.25, -0.2) is 9.69 Å². The molecule has 104 valence electrons. The van der Waals surface area contributed by atoms with Gasteiger partial charge in [0.2, 0.25) is 5.75 Å². The normalized spacial score (nSPS) is 10.3. The van der Waals surface area contributed by atoms with Crippen LogP contribution in [0.25, 0.3) is 0 Å². The third-order valence-electron chi connectivity index (χ3n) is 2.17. The maximum Gasteiger partial charge on any atom is 0.416 e. The van der Waals surface area contributed by atoms with Crippen molar-refractivity contribution in [2.75, 3.05) is 18.6 Å². The summed E-state index contributed by atoms with van der Waals surface area (Å²) in [6.07, 6.45) is -0.666. The molecule has 0 aliphatic heterocycles. The molecule has 0 bridgehead atoms. The molecule has 0 aliphatic carbocycles. The van der Waals surface area contributed by atoms with Gasteiger partial charge in [-0.15, -0.1) is 0 Å². The Morgan fingerprint density at radius 3 is 2.74 bits per heavy atom. The second-order valence-corrected chi connectivity index (χ2v) is 4.30. The molecule has 0 radical (unpaired) electrons. The van der Waals surface area contributed by atoms with E-state index < -0.39 is 22.6 Å². The zero-order valence-electron chi connectivity index (χ0n) is 10.9. The first-order valence-corrected chi connectivity index (χ1v) is 5.57. The molecular formula is C11H15N3O5. The predicted molar refractivity (Wildman–Crippen MR) is 67.1 cm³/mol. The maximum absolute atomic E-state index is 11.6. The summed E-state index contributed by atoms with van der Waals surface area (Å²) in [5.41, 5.74) is 0. The number of anilines is 1. The number of nitro groups is 1. The van der Waals surface area contributed by atoms with Crippen LogP contribution in [0.4, 0.5) is 16.4 Å². The first-order valence-electron chi connectivity index (χ1n) is 5.57. The number of carbonyl (C=O) groups excluding carboxylic acids is 1. The van der Waals surface area contributed by atoms with E-state index in [1.165, 1.54) is 13.1 Å². The van der Waals surface area contributed by atoms with Gasteiger partial charge in [-0.2, -0.15) is 0 Å². The highest BCUT2D eigenvalue weighted by molar-refractivity contribution is 5.86. The molecule has 1 aromatic heterocycles. The molecule has 8 nitrogen and oxygen atoms in total. The van der Waals surface area contributed by atoms with Gasteiger partial charge >= 0.3 is 11.9 Å². The van der Waals surface area contributed by atoms with Crippen LogP contribution in [-0.4, -0.2) is 34.8 Å². The predicted octanol–water partition coefficient (Wildman–Crippen LogP) is 1.92. The summed E-state index contributed by atoms with van der Waals surface area (Å²) in [5.74, 6) is -1.06. The Hall–Kier alpha value is -2.38. The van der Waals surface area contributed by atoms with E-state index in [4.69, 9.17) is 4.74 Å². The number of nitrogens with zero attached hydrogens (tertiary/aromatic N) is 3. The van der Waals surface area contributed by atoms with Crippen molar-refractivity contribution >= 4 is 17.7 Å². The molecule has 1 aromatic rings. The van der Waals surface area contributed by atoms with Crippen molar-refractivity contribution in [3.8, 4) is 5.75 Å². The maximum atomic E-state index is 11.6. The van der Waals surface area contributed by atoms with E-state index in [9.17, 15) is 20.0 Å². The van der Waals surface area contributed by atoms with E-state index in [0.717, 1.165) is 11.0 Å². The van der Waals surface area contributed by atoms with Gasteiger partial charge < -0.3 is 20.0 Å². The highest BCUT2D eigenvalue weighted by Crippen LogP contribution is 2.25. The summed E-state index contributed by atoms with van der Waals surface area (Å²) < 4.78 is 4.96. The third kappa shape index (κ3) is 3.80. The molecule has 0 spiro atoms. The molecule has 0 aliphatic rings. The smallest absolute Gasteiger partial charge is 0.416 e. The van der Waals surface area contributed by atoms with Crippen molar-refractivity contribution in [2.24, 2.45) is 5.92 Å². The van der Waals surface area contributed by atoms with Crippen molar-refractivity contribution in [3.05, 3.63) is 22.2 Å². The number of ether oxygens (including phenoxy) is 1. The van der Waals surface area contributed by atoms with Crippen LogP contribution in [0.5, 0.6) is 5.75 Å². The molecule has 1 rings (SSSR count). The number of aromatic nitrogens is 1. The lowest BCUT2D eigenvalue weighted by molar-refractivity contribution is -0.390. The zero-order valence-corrected chi connectivity index (χ0v) is 10.9. The molecule has 0 aromatic carbocycles. The van der Waals surface area contributed by atoms with Crippen molar-refractivity contribution in [1.82, 2.24) is 4.98 Å². The van der Waals surface area contributed by atoms with Crippen LogP contribution < -0.4 is 4.90 Å². The lowest BCUT2D eigenvalue weighted by Gasteiger charge is -2.14. The number of rotatable bonds is 4. The number of carbonyl (C=O) groups is 1. The van der Waals surface area contributed by atoms with E-state index in [0.29, 0.717) is 0 Å². The van der Waals surface area contributed by atoms with Crippen LogP contribution in [0.1, 0.15) is 13.8 Å². The molecule has 0 atom stereocenters. The average molecular weight is 269 g/mol. The SMILES string of the molecule is CC(C)COC(=O)N(C)c1ccc(O)c([N+](=O)[O-])n1. The topological polar surface area (TPSA) is 106 Å². The zero-order chi connectivity index (χ0) is 14.6. The van der Waals surface area contributed by atoms with Crippen LogP contribution in [-0.2, 0) is 4.74 Å². The second-order valence-electron chi connectivity index (χ2n) is 4.30. The van der Waals surface area contributed by atoms with Crippen LogP contribution in [0.3, 0.4) is 0 Å². The van der Waals surface area contributed by atoms with Gasteiger partial charge in [0.05, 0.1) is 6.61 Å². The van der Waals surface area contributed by atoms with Crippen molar-refractivity contribution < 1.29 is 19.6 Å². The lowest BCUT2D eigenvalue weighted by Crippen LogP contribution is -2.29.